The van der Waals surface area contributed by atoms with E-state index in [2.05, 4.69) is 22.8 Å². The number of amides is 2. The van der Waals surface area contributed by atoms with Gasteiger partial charge in [-0.15, -0.1) is 0 Å². The van der Waals surface area contributed by atoms with Gasteiger partial charge in [0.1, 0.15) is 6.61 Å². The molecule has 1 aliphatic rings. The number of fused-ring (bicyclic) bond motifs is 3. The highest BCUT2D eigenvalue weighted by molar-refractivity contribution is 5.86. The molecule has 3 rings (SSSR count). The van der Waals surface area contributed by atoms with Crippen LogP contribution < -0.4 is 10.6 Å². The molecule has 0 radical (unpaired) electrons. The molecule has 8 heteroatoms. The highest BCUT2D eigenvalue weighted by Crippen LogP contribution is 2.44. The number of alkyl carbamates (subject to hydrolysis) is 1. The molecule has 0 aliphatic heterocycles. The molecule has 182 valence electrons. The Morgan fingerprint density at radius 2 is 1.41 bits per heavy atom. The first-order valence-electron chi connectivity index (χ1n) is 11.1. The summed E-state index contributed by atoms with van der Waals surface area (Å²) >= 11 is 0. The molecule has 4 N–H and O–H groups in total. The van der Waals surface area contributed by atoms with Crippen molar-refractivity contribution in [3.8, 4) is 11.1 Å². The van der Waals surface area contributed by atoms with Gasteiger partial charge in [-0.05, 0) is 56.9 Å². The minimum Gasteiger partial charge on any atom is -0.479 e. The van der Waals surface area contributed by atoms with Crippen molar-refractivity contribution in [3.63, 3.8) is 0 Å². The van der Waals surface area contributed by atoms with Crippen molar-refractivity contribution in [2.75, 3.05) is 13.2 Å². The number of rotatable bonds is 8. The van der Waals surface area contributed by atoms with Crippen molar-refractivity contribution in [1.82, 2.24) is 10.6 Å². The summed E-state index contributed by atoms with van der Waals surface area (Å²) in [6.07, 6.45) is -0.662. The fourth-order valence-electron chi connectivity index (χ4n) is 3.88. The lowest BCUT2D eigenvalue weighted by atomic mass is 9.73. The zero-order valence-electron chi connectivity index (χ0n) is 20.1. The van der Waals surface area contributed by atoms with Crippen LogP contribution in [0.5, 0.6) is 0 Å². The summed E-state index contributed by atoms with van der Waals surface area (Å²) in [6.45, 7) is 7.40. The van der Waals surface area contributed by atoms with Gasteiger partial charge in [0, 0.05) is 5.92 Å². The molecule has 0 saturated carbocycles. The van der Waals surface area contributed by atoms with Gasteiger partial charge in [0.25, 0.3) is 0 Å². The zero-order chi connectivity index (χ0) is 25.3. The Labute approximate surface area is 199 Å². The normalized spacial score (nSPS) is 15.0. The third-order valence-corrected chi connectivity index (χ3v) is 6.94. The first-order valence-corrected chi connectivity index (χ1v) is 11.1. The molecule has 0 aromatic heterocycles. The van der Waals surface area contributed by atoms with Gasteiger partial charge in [-0.2, -0.15) is 0 Å². The second-order valence-electron chi connectivity index (χ2n) is 9.96. The van der Waals surface area contributed by atoms with Crippen molar-refractivity contribution in [1.29, 1.82) is 0 Å². The number of carbonyl (C=O) groups is 3. The molecular formula is C26H32N2O6. The molecular weight excluding hydrogens is 436 g/mol. The van der Waals surface area contributed by atoms with Gasteiger partial charge < -0.3 is 25.6 Å². The van der Waals surface area contributed by atoms with Gasteiger partial charge in [0.15, 0.2) is 5.60 Å². The lowest BCUT2D eigenvalue weighted by Crippen LogP contribution is -2.61. The maximum absolute atomic E-state index is 12.8. The molecule has 1 atom stereocenters. The average molecular weight is 469 g/mol. The smallest absolute Gasteiger partial charge is 0.407 e. The van der Waals surface area contributed by atoms with Crippen LogP contribution in [-0.2, 0) is 14.3 Å². The number of aliphatic hydroxyl groups is 1. The van der Waals surface area contributed by atoms with Crippen LogP contribution in [0.1, 0.15) is 51.7 Å². The molecule has 0 saturated heterocycles. The summed E-state index contributed by atoms with van der Waals surface area (Å²) in [5.74, 6) is -2.05. The molecule has 2 aromatic carbocycles. The number of benzene rings is 2. The summed E-state index contributed by atoms with van der Waals surface area (Å²) in [5.41, 5.74) is 0.157. The molecule has 1 aliphatic carbocycles. The third kappa shape index (κ3) is 4.77. The molecule has 0 fully saturated rings. The molecule has 8 nitrogen and oxygen atoms in total. The molecule has 2 aromatic rings. The fourth-order valence-corrected chi connectivity index (χ4v) is 3.88. The molecule has 0 heterocycles. The summed E-state index contributed by atoms with van der Waals surface area (Å²) in [4.78, 5) is 36.6. The number of aliphatic carboxylic acids is 1. The van der Waals surface area contributed by atoms with E-state index in [0.29, 0.717) is 0 Å². The van der Waals surface area contributed by atoms with Crippen molar-refractivity contribution in [3.05, 3.63) is 59.7 Å². The highest BCUT2D eigenvalue weighted by atomic mass is 16.5. The topological polar surface area (TPSA) is 125 Å². The van der Waals surface area contributed by atoms with Gasteiger partial charge in [-0.1, -0.05) is 48.5 Å². The van der Waals surface area contributed by atoms with E-state index in [4.69, 9.17) is 9.84 Å². The Hall–Kier alpha value is -3.39. The largest absolute Gasteiger partial charge is 0.479 e. The van der Waals surface area contributed by atoms with Gasteiger partial charge in [0.2, 0.25) is 5.91 Å². The summed E-state index contributed by atoms with van der Waals surface area (Å²) in [7, 11) is 0. The Bertz CT molecular complexity index is 1060. The number of carboxylic acids is 1. The average Bonchev–Trinajstić information content (AvgIpc) is 3.09. The number of carboxylic acid groups (broad SMARTS) is 1. The van der Waals surface area contributed by atoms with E-state index < -0.39 is 41.1 Å². The monoisotopic (exact) mass is 468 g/mol. The van der Waals surface area contributed by atoms with Crippen molar-refractivity contribution in [2.45, 2.75) is 51.7 Å². The molecule has 0 bridgehead atoms. The lowest BCUT2D eigenvalue weighted by molar-refractivity contribution is -0.156. The second kappa shape index (κ2) is 9.10. The summed E-state index contributed by atoms with van der Waals surface area (Å²) in [5, 5.41) is 24.1. The first-order chi connectivity index (χ1) is 15.8. The minimum absolute atomic E-state index is 0.0872. The number of ether oxygens (including phenoxy) is 1. The van der Waals surface area contributed by atoms with Crippen molar-refractivity contribution in [2.24, 2.45) is 5.41 Å². The minimum atomic E-state index is -2.10. The van der Waals surface area contributed by atoms with Crippen LogP contribution in [0.25, 0.3) is 11.1 Å². The number of hydrogen-bond donors (Lipinski definition) is 4. The standard InChI is InChI=1S/C26H32N2O6/c1-24(2,21(29)27-15-26(5,33)22(30)31)25(3,4)28-23(32)34-14-20-18-12-8-6-10-16(18)17-11-7-9-13-19(17)20/h6-13,20,33H,14-15H2,1-5H3,(H,27,29)(H,28,32)(H,30,31). The summed E-state index contributed by atoms with van der Waals surface area (Å²) in [6, 6.07) is 16.1. The Morgan fingerprint density at radius 1 is 0.912 bits per heavy atom. The molecule has 0 spiro atoms. The first kappa shape index (κ1) is 25.2. The Morgan fingerprint density at radius 3 is 1.91 bits per heavy atom. The van der Waals surface area contributed by atoms with Gasteiger partial charge in [-0.25, -0.2) is 9.59 Å². The van der Waals surface area contributed by atoms with Crippen LogP contribution in [0.4, 0.5) is 4.79 Å². The van der Waals surface area contributed by atoms with Gasteiger partial charge >= 0.3 is 12.1 Å². The lowest BCUT2D eigenvalue weighted by Gasteiger charge is -2.40. The van der Waals surface area contributed by atoms with E-state index in [1.807, 2.05) is 36.4 Å². The van der Waals surface area contributed by atoms with Crippen LogP contribution >= 0.6 is 0 Å². The van der Waals surface area contributed by atoms with E-state index in [9.17, 15) is 19.5 Å². The van der Waals surface area contributed by atoms with Crippen LogP contribution in [0.3, 0.4) is 0 Å². The predicted octanol–water partition coefficient (Wildman–Crippen LogP) is 3.28. The number of hydrogen-bond acceptors (Lipinski definition) is 5. The molecule has 34 heavy (non-hydrogen) atoms. The van der Waals surface area contributed by atoms with Crippen LogP contribution in [0.2, 0.25) is 0 Å². The predicted molar refractivity (Wildman–Crippen MR) is 127 cm³/mol. The van der Waals surface area contributed by atoms with E-state index in [1.165, 1.54) is 0 Å². The van der Waals surface area contributed by atoms with E-state index >= 15 is 0 Å². The SMILES string of the molecule is CC(O)(CNC(=O)C(C)(C)C(C)(C)NC(=O)OCC1c2ccccc2-c2ccccc21)C(=O)O. The van der Waals surface area contributed by atoms with Crippen LogP contribution in [0.15, 0.2) is 48.5 Å². The molecule has 2 amide bonds. The number of nitrogens with one attached hydrogen (secondary N) is 2. The Balaban J connectivity index is 1.65. The van der Waals surface area contributed by atoms with E-state index in [-0.39, 0.29) is 12.5 Å². The van der Waals surface area contributed by atoms with Gasteiger partial charge in [0.05, 0.1) is 17.5 Å². The van der Waals surface area contributed by atoms with E-state index in [1.54, 1.807) is 27.7 Å². The second-order valence-corrected chi connectivity index (χ2v) is 9.96. The maximum atomic E-state index is 12.8. The van der Waals surface area contributed by atoms with Gasteiger partial charge in [-0.3, -0.25) is 4.79 Å². The summed E-state index contributed by atoms with van der Waals surface area (Å²) < 4.78 is 5.60. The maximum Gasteiger partial charge on any atom is 0.407 e. The van der Waals surface area contributed by atoms with Crippen LogP contribution in [0, 0.1) is 5.41 Å². The quantitative estimate of drug-likeness (QED) is 0.471. The number of carbonyl (C=O) groups excluding carboxylic acids is 2. The fraction of sp³-hybridized carbons (Fsp3) is 0.423. The highest BCUT2D eigenvalue weighted by Gasteiger charge is 2.45. The third-order valence-electron chi connectivity index (χ3n) is 6.94. The van der Waals surface area contributed by atoms with E-state index in [0.717, 1.165) is 29.2 Å². The zero-order valence-corrected chi connectivity index (χ0v) is 20.1. The molecule has 1 unspecified atom stereocenters. The van der Waals surface area contributed by atoms with Crippen molar-refractivity contribution >= 4 is 18.0 Å². The van der Waals surface area contributed by atoms with Crippen LogP contribution in [-0.4, -0.2) is 52.5 Å². The van der Waals surface area contributed by atoms with Crippen molar-refractivity contribution < 1.29 is 29.3 Å². The Kier molecular flexibility index (Phi) is 6.75.